The fourth-order valence-corrected chi connectivity index (χ4v) is 1.96. The Morgan fingerprint density at radius 2 is 1.87 bits per heavy atom. The number of hydrogen-bond acceptors (Lipinski definition) is 4. The maximum atomic E-state index is 12.0. The smallest absolute Gasteiger partial charge is 0.361 e. The molecule has 1 rings (SSSR count). The van der Waals surface area contributed by atoms with Crippen LogP contribution < -0.4 is 0 Å². The molecule has 120 valence electrons. The van der Waals surface area contributed by atoms with Crippen molar-refractivity contribution in [2.75, 3.05) is 0 Å². The van der Waals surface area contributed by atoms with Gasteiger partial charge in [0.2, 0.25) is 5.78 Å². The highest BCUT2D eigenvalue weighted by atomic mass is 16.6. The predicted molar refractivity (Wildman–Crippen MR) is 84.1 cm³/mol. The second-order valence-electron chi connectivity index (χ2n) is 4.90. The number of rotatable bonds is 10. The van der Waals surface area contributed by atoms with Gasteiger partial charge in [0.05, 0.1) is 10.5 Å². The van der Waals surface area contributed by atoms with Gasteiger partial charge in [0.15, 0.2) is 0 Å². The molecule has 0 N–H and O–H groups in total. The number of unbranched alkanes of at least 4 members (excludes halogenated alkanes) is 1. The molecule has 0 aliphatic rings. The molecular formula is C16H17N3O4. The molecule has 0 aliphatic heterocycles. The summed E-state index contributed by atoms with van der Waals surface area (Å²) < 4.78 is 0. The monoisotopic (exact) mass is 315 g/mol. The molecule has 23 heavy (non-hydrogen) atoms. The first kappa shape index (κ1) is 18.1. The van der Waals surface area contributed by atoms with E-state index in [9.17, 15) is 19.7 Å². The zero-order valence-electron chi connectivity index (χ0n) is 12.6. The molecule has 1 aromatic carbocycles. The van der Waals surface area contributed by atoms with Crippen molar-refractivity contribution in [1.82, 2.24) is 0 Å². The van der Waals surface area contributed by atoms with Crippen LogP contribution in [0.3, 0.4) is 0 Å². The van der Waals surface area contributed by atoms with Crippen molar-refractivity contribution >= 4 is 23.0 Å². The van der Waals surface area contributed by atoms with Gasteiger partial charge in [-0.15, -0.1) is 6.58 Å². The standard InChI is InChI=1S/C16H17N3O4/c1-2-3-4-5-14(20)10-11-15(21)16(18-17)12-6-8-13(9-7-12)19(22)23/h2,6-9H,1,3-5,10-11H2. The second kappa shape index (κ2) is 9.17. The van der Waals surface area contributed by atoms with Crippen molar-refractivity contribution in [2.24, 2.45) is 0 Å². The van der Waals surface area contributed by atoms with Crippen LogP contribution >= 0.6 is 0 Å². The first-order chi connectivity index (χ1) is 11.0. The third-order valence-electron chi connectivity index (χ3n) is 3.21. The Bertz CT molecular complexity index is 658. The van der Waals surface area contributed by atoms with E-state index in [2.05, 4.69) is 11.4 Å². The highest BCUT2D eigenvalue weighted by Crippen LogP contribution is 2.13. The van der Waals surface area contributed by atoms with Gasteiger partial charge in [-0.1, -0.05) is 6.08 Å². The normalized spacial score (nSPS) is 9.74. The van der Waals surface area contributed by atoms with Crippen LogP contribution in [0.25, 0.3) is 5.53 Å². The van der Waals surface area contributed by atoms with Crippen molar-refractivity contribution in [1.29, 1.82) is 0 Å². The Kier molecular flexibility index (Phi) is 7.23. The molecule has 0 amide bonds. The zero-order chi connectivity index (χ0) is 17.2. The summed E-state index contributed by atoms with van der Waals surface area (Å²) in [6.07, 6.45) is 3.54. The van der Waals surface area contributed by atoms with E-state index < -0.39 is 10.7 Å². The average Bonchev–Trinajstić information content (AvgIpc) is 2.54. The number of allylic oxidation sites excluding steroid dienone is 1. The van der Waals surface area contributed by atoms with Crippen LogP contribution in [0.2, 0.25) is 0 Å². The highest BCUT2D eigenvalue weighted by molar-refractivity contribution is 6.44. The summed E-state index contributed by atoms with van der Waals surface area (Å²) in [7, 11) is 0. The van der Waals surface area contributed by atoms with Crippen LogP contribution in [0, 0.1) is 10.1 Å². The van der Waals surface area contributed by atoms with E-state index in [-0.39, 0.29) is 35.6 Å². The predicted octanol–water partition coefficient (Wildman–Crippen LogP) is 2.89. The van der Waals surface area contributed by atoms with Gasteiger partial charge in [-0.25, -0.2) is 0 Å². The Labute approximate surface area is 133 Å². The van der Waals surface area contributed by atoms with Crippen LogP contribution in [-0.2, 0) is 9.59 Å². The van der Waals surface area contributed by atoms with Gasteiger partial charge in [0, 0.05) is 31.4 Å². The molecule has 0 saturated carbocycles. The van der Waals surface area contributed by atoms with Crippen LogP contribution in [0.15, 0.2) is 36.9 Å². The quantitative estimate of drug-likeness (QED) is 0.126. The van der Waals surface area contributed by atoms with Crippen molar-refractivity contribution in [3.05, 3.63) is 58.1 Å². The van der Waals surface area contributed by atoms with E-state index in [0.717, 1.165) is 6.42 Å². The van der Waals surface area contributed by atoms with Crippen molar-refractivity contribution < 1.29 is 19.3 Å². The third kappa shape index (κ3) is 5.76. The lowest BCUT2D eigenvalue weighted by Gasteiger charge is -1.99. The number of benzene rings is 1. The van der Waals surface area contributed by atoms with Crippen LogP contribution in [0.5, 0.6) is 0 Å². The summed E-state index contributed by atoms with van der Waals surface area (Å²) in [5.74, 6) is -0.528. The van der Waals surface area contributed by atoms with Crippen LogP contribution in [-0.4, -0.2) is 27.0 Å². The van der Waals surface area contributed by atoms with Crippen molar-refractivity contribution in [3.63, 3.8) is 0 Å². The summed E-state index contributed by atoms with van der Waals surface area (Å²) in [5.41, 5.74) is 8.93. The molecule has 0 atom stereocenters. The molecular weight excluding hydrogens is 298 g/mol. The van der Waals surface area contributed by atoms with E-state index >= 15 is 0 Å². The van der Waals surface area contributed by atoms with E-state index in [1.54, 1.807) is 6.08 Å². The van der Waals surface area contributed by atoms with Crippen molar-refractivity contribution in [3.8, 4) is 0 Å². The summed E-state index contributed by atoms with van der Waals surface area (Å²) >= 11 is 0. The van der Waals surface area contributed by atoms with Crippen LogP contribution in [0.4, 0.5) is 5.69 Å². The largest absolute Gasteiger partial charge is 0.364 e. The molecule has 0 unspecified atom stereocenters. The number of carbonyl (C=O) groups is 2. The molecule has 0 fully saturated rings. The number of nitro groups is 1. The Morgan fingerprint density at radius 3 is 2.39 bits per heavy atom. The molecule has 7 heteroatoms. The lowest BCUT2D eigenvalue weighted by Crippen LogP contribution is -2.18. The molecule has 1 aromatic rings. The number of hydrogen-bond donors (Lipinski definition) is 0. The SMILES string of the molecule is C=CCCCC(=O)CCC(=O)C(=[N+]=[N-])c1ccc([N+](=O)[O-])cc1. The number of non-ortho nitro benzene ring substituents is 1. The Morgan fingerprint density at radius 1 is 1.22 bits per heavy atom. The minimum Gasteiger partial charge on any atom is -0.361 e. The minimum atomic E-state index is -0.566. The van der Waals surface area contributed by atoms with Gasteiger partial charge in [-0.3, -0.25) is 19.7 Å². The van der Waals surface area contributed by atoms with E-state index in [1.807, 2.05) is 0 Å². The molecule has 7 nitrogen and oxygen atoms in total. The molecule has 0 spiro atoms. The number of carbonyl (C=O) groups excluding carboxylic acids is 2. The van der Waals surface area contributed by atoms with E-state index in [0.29, 0.717) is 12.8 Å². The molecule has 0 aromatic heterocycles. The molecule has 0 bridgehead atoms. The molecule has 0 heterocycles. The topological polar surface area (TPSA) is 114 Å². The Balaban J connectivity index is 2.65. The first-order valence-electron chi connectivity index (χ1n) is 7.12. The zero-order valence-corrected chi connectivity index (χ0v) is 12.6. The van der Waals surface area contributed by atoms with Crippen LogP contribution in [0.1, 0.15) is 37.7 Å². The summed E-state index contributed by atoms with van der Waals surface area (Å²) in [6, 6.07) is 5.09. The van der Waals surface area contributed by atoms with Gasteiger partial charge in [-0.05, 0) is 25.0 Å². The van der Waals surface area contributed by atoms with E-state index in [4.69, 9.17) is 5.53 Å². The molecule has 0 saturated heterocycles. The molecule has 0 aliphatic carbocycles. The Hall–Kier alpha value is -2.92. The minimum absolute atomic E-state index is 0.0406. The van der Waals surface area contributed by atoms with Gasteiger partial charge in [-0.2, -0.15) is 4.79 Å². The number of nitrogens with zero attached hydrogens (tertiary/aromatic N) is 3. The van der Waals surface area contributed by atoms with Gasteiger partial charge >= 0.3 is 5.71 Å². The maximum Gasteiger partial charge on any atom is 0.364 e. The first-order valence-corrected chi connectivity index (χ1v) is 7.12. The van der Waals surface area contributed by atoms with Crippen molar-refractivity contribution in [2.45, 2.75) is 32.1 Å². The second-order valence-corrected chi connectivity index (χ2v) is 4.90. The summed E-state index contributed by atoms with van der Waals surface area (Å²) in [4.78, 5) is 36.6. The van der Waals surface area contributed by atoms with E-state index in [1.165, 1.54) is 24.3 Å². The van der Waals surface area contributed by atoms with Gasteiger partial charge in [0.1, 0.15) is 5.78 Å². The number of ketones is 2. The third-order valence-corrected chi connectivity index (χ3v) is 3.21. The number of nitro benzene ring substituents is 1. The lowest BCUT2D eigenvalue weighted by atomic mass is 10.0. The fraction of sp³-hybridized carbons (Fsp3) is 0.312. The van der Waals surface area contributed by atoms with Gasteiger partial charge in [0.25, 0.3) is 5.69 Å². The fourth-order valence-electron chi connectivity index (χ4n) is 1.96. The number of Topliss-reactive ketones (excluding diaryl/α,β-unsaturated/α-hetero) is 2. The summed E-state index contributed by atoms with van der Waals surface area (Å²) in [5, 5.41) is 10.6. The average molecular weight is 315 g/mol. The highest BCUT2D eigenvalue weighted by Gasteiger charge is 2.23. The lowest BCUT2D eigenvalue weighted by molar-refractivity contribution is -0.384. The van der Waals surface area contributed by atoms with Gasteiger partial charge < -0.3 is 5.53 Å². The summed E-state index contributed by atoms with van der Waals surface area (Å²) in [6.45, 7) is 3.57. The molecule has 0 radical (unpaired) electrons. The maximum absolute atomic E-state index is 12.0.